The van der Waals surface area contributed by atoms with Gasteiger partial charge in [-0.2, -0.15) is 4.68 Å². The third kappa shape index (κ3) is 3.79. The van der Waals surface area contributed by atoms with E-state index in [0.29, 0.717) is 16.6 Å². The fourth-order valence-corrected chi connectivity index (χ4v) is 4.58. The molecule has 1 saturated carbocycles. The van der Waals surface area contributed by atoms with Gasteiger partial charge in [0.2, 0.25) is 0 Å². The molecule has 32 heavy (non-hydrogen) atoms. The average molecular weight is 464 g/mol. The second kappa shape index (κ2) is 7.89. The maximum Gasteiger partial charge on any atom is 0.390 e. The third-order valence-electron chi connectivity index (χ3n) is 5.27. The highest BCUT2D eigenvalue weighted by Crippen LogP contribution is 2.48. The van der Waals surface area contributed by atoms with Crippen LogP contribution in [0.15, 0.2) is 12.1 Å². The number of alkyl halides is 2. The molecule has 3 aromatic rings. The van der Waals surface area contributed by atoms with Crippen molar-refractivity contribution in [2.24, 2.45) is 5.73 Å². The lowest BCUT2D eigenvalue weighted by Crippen LogP contribution is -2.26. The number of aryl methyl sites for hydroxylation is 1. The summed E-state index contributed by atoms with van der Waals surface area (Å²) in [4.78, 5) is 39.5. The van der Waals surface area contributed by atoms with E-state index < -0.39 is 40.7 Å². The Morgan fingerprint density at radius 1 is 1.38 bits per heavy atom. The molecule has 0 aromatic carbocycles. The highest BCUT2D eigenvalue weighted by atomic mass is 32.1. The Morgan fingerprint density at radius 2 is 2.06 bits per heavy atom. The molecular weight excluding hydrogens is 446 g/mol. The zero-order valence-corrected chi connectivity index (χ0v) is 17.8. The largest absolute Gasteiger partial charge is 0.390 e. The van der Waals surface area contributed by atoms with Gasteiger partial charge in [0.05, 0.1) is 22.5 Å². The van der Waals surface area contributed by atoms with Gasteiger partial charge in [0.1, 0.15) is 21.4 Å². The van der Waals surface area contributed by atoms with Crippen LogP contribution in [0.2, 0.25) is 0 Å². The number of hydrogen-bond acceptors (Lipinski definition) is 7. The molecule has 13 heteroatoms. The summed E-state index contributed by atoms with van der Waals surface area (Å²) < 4.78 is 27.9. The van der Waals surface area contributed by atoms with E-state index in [2.05, 4.69) is 15.4 Å². The van der Waals surface area contributed by atoms with Gasteiger partial charge in [-0.05, 0) is 49.2 Å². The van der Waals surface area contributed by atoms with Crippen molar-refractivity contribution in [3.63, 3.8) is 0 Å². The van der Waals surface area contributed by atoms with Gasteiger partial charge in [-0.25, -0.2) is 13.8 Å². The summed E-state index contributed by atoms with van der Waals surface area (Å²) >= 11 is 0.838. The molecule has 0 aliphatic heterocycles. The number of thiophene rings is 1. The van der Waals surface area contributed by atoms with Crippen LogP contribution in [0, 0.1) is 17.0 Å². The summed E-state index contributed by atoms with van der Waals surface area (Å²) in [5.74, 6) is -1.81. The number of nitrogens with two attached hydrogens (primary N) is 1. The SMILES string of the molecule is Cc1cc([N+](=O)[O-])nn1C(C)C(=O)Nc1c(C(N)=O)sc2nc(C(F)F)cc(C3CC3)c12. The Kier molecular flexibility index (Phi) is 5.36. The van der Waals surface area contributed by atoms with E-state index in [1.165, 1.54) is 23.7 Å². The lowest BCUT2D eigenvalue weighted by atomic mass is 10.0. The number of halogens is 2. The number of rotatable bonds is 7. The standard InChI is InChI=1S/C19H18F2N6O4S/c1-7-5-12(27(30)31)25-26(7)8(2)18(29)24-14-13-10(9-3-4-9)6-11(16(20)21)23-19(13)32-15(14)17(22)28/h5-6,8-9,16H,3-4H2,1-2H3,(H2,22,28)(H,24,29). The number of carbonyl (C=O) groups is 2. The highest BCUT2D eigenvalue weighted by Gasteiger charge is 2.33. The van der Waals surface area contributed by atoms with E-state index in [-0.39, 0.29) is 21.3 Å². The van der Waals surface area contributed by atoms with Gasteiger partial charge in [0, 0.05) is 5.39 Å². The van der Waals surface area contributed by atoms with Crippen LogP contribution in [0.4, 0.5) is 20.3 Å². The summed E-state index contributed by atoms with van der Waals surface area (Å²) in [5.41, 5.74) is 6.19. The Morgan fingerprint density at radius 3 is 2.59 bits per heavy atom. The topological polar surface area (TPSA) is 146 Å². The lowest BCUT2D eigenvalue weighted by molar-refractivity contribution is -0.389. The Labute approximate surface area is 183 Å². The maximum absolute atomic E-state index is 13.3. The van der Waals surface area contributed by atoms with Crippen molar-refractivity contribution in [3.05, 3.63) is 44.1 Å². The summed E-state index contributed by atoms with van der Waals surface area (Å²) in [6.07, 6.45) is -1.19. The number of nitro groups is 1. The van der Waals surface area contributed by atoms with Crippen LogP contribution in [0.1, 0.15) is 64.8 Å². The van der Waals surface area contributed by atoms with E-state index in [9.17, 15) is 28.5 Å². The maximum atomic E-state index is 13.3. The summed E-state index contributed by atoms with van der Waals surface area (Å²) in [6, 6.07) is 1.58. The molecule has 4 rings (SSSR count). The smallest absolute Gasteiger partial charge is 0.365 e. The fourth-order valence-electron chi connectivity index (χ4n) is 3.56. The average Bonchev–Trinajstić information content (AvgIpc) is 3.40. The molecule has 3 heterocycles. The van der Waals surface area contributed by atoms with E-state index in [1.807, 2.05) is 0 Å². The molecule has 2 amide bonds. The molecular formula is C19H18F2N6O4S. The number of nitrogens with one attached hydrogen (secondary N) is 1. The minimum atomic E-state index is -2.78. The van der Waals surface area contributed by atoms with Crippen LogP contribution < -0.4 is 11.1 Å². The molecule has 3 aromatic heterocycles. The predicted octanol–water partition coefficient (Wildman–Crippen LogP) is 3.82. The first-order chi connectivity index (χ1) is 15.1. The zero-order valence-electron chi connectivity index (χ0n) is 17.0. The minimum Gasteiger partial charge on any atom is -0.365 e. The first kappa shape index (κ1) is 21.7. The molecule has 1 aliphatic carbocycles. The van der Waals surface area contributed by atoms with Crippen molar-refractivity contribution < 1.29 is 23.3 Å². The van der Waals surface area contributed by atoms with Crippen molar-refractivity contribution in [3.8, 4) is 0 Å². The number of pyridine rings is 1. The number of aromatic nitrogens is 3. The number of amides is 2. The van der Waals surface area contributed by atoms with Gasteiger partial charge in [0.25, 0.3) is 18.2 Å². The number of anilines is 1. The number of primary amides is 1. The van der Waals surface area contributed by atoms with Crippen molar-refractivity contribution >= 4 is 44.9 Å². The molecule has 10 nitrogen and oxygen atoms in total. The highest BCUT2D eigenvalue weighted by molar-refractivity contribution is 7.21. The third-order valence-corrected chi connectivity index (χ3v) is 6.37. The van der Waals surface area contributed by atoms with Crippen LogP contribution >= 0.6 is 11.3 Å². The fraction of sp³-hybridized carbons (Fsp3) is 0.368. The molecule has 1 fully saturated rings. The molecule has 3 N–H and O–H groups in total. The number of nitrogens with zero attached hydrogens (tertiary/aromatic N) is 4. The number of fused-ring (bicyclic) bond motifs is 1. The van der Waals surface area contributed by atoms with E-state index >= 15 is 0 Å². The quantitative estimate of drug-likeness (QED) is 0.401. The monoisotopic (exact) mass is 464 g/mol. The van der Waals surface area contributed by atoms with E-state index in [1.54, 1.807) is 6.92 Å². The molecule has 168 valence electrons. The Bertz CT molecular complexity index is 1270. The molecule has 0 saturated heterocycles. The molecule has 0 spiro atoms. The number of carbonyl (C=O) groups excluding carboxylic acids is 2. The van der Waals surface area contributed by atoms with Gasteiger partial charge in [0.15, 0.2) is 0 Å². The van der Waals surface area contributed by atoms with Crippen molar-refractivity contribution in [2.45, 2.75) is 45.1 Å². The van der Waals surface area contributed by atoms with Crippen molar-refractivity contribution in [1.82, 2.24) is 14.8 Å². The van der Waals surface area contributed by atoms with Gasteiger partial charge >= 0.3 is 5.82 Å². The van der Waals surface area contributed by atoms with Crippen LogP contribution in [0.5, 0.6) is 0 Å². The molecule has 0 radical (unpaired) electrons. The molecule has 1 aliphatic rings. The van der Waals surface area contributed by atoms with Crippen molar-refractivity contribution in [2.75, 3.05) is 5.32 Å². The van der Waals surface area contributed by atoms with Crippen molar-refractivity contribution in [1.29, 1.82) is 0 Å². The summed E-state index contributed by atoms with van der Waals surface area (Å²) in [6.45, 7) is 3.06. The second-order valence-corrected chi connectivity index (χ2v) is 8.57. The van der Waals surface area contributed by atoms with Gasteiger partial charge in [-0.3, -0.25) is 9.59 Å². The van der Waals surface area contributed by atoms with Gasteiger partial charge < -0.3 is 21.2 Å². The first-order valence-corrected chi connectivity index (χ1v) is 10.5. The van der Waals surface area contributed by atoms with Gasteiger partial charge in [-0.1, -0.05) is 0 Å². The van der Waals surface area contributed by atoms with Crippen LogP contribution in [-0.2, 0) is 4.79 Å². The lowest BCUT2D eigenvalue weighted by Gasteiger charge is -2.13. The Hall–Kier alpha value is -3.48. The minimum absolute atomic E-state index is 0.00969. The first-order valence-electron chi connectivity index (χ1n) is 9.65. The zero-order chi connectivity index (χ0) is 23.3. The van der Waals surface area contributed by atoms with E-state index in [0.717, 1.165) is 24.2 Å². The molecule has 1 atom stereocenters. The Balaban J connectivity index is 1.78. The number of hydrogen-bond donors (Lipinski definition) is 2. The predicted molar refractivity (Wildman–Crippen MR) is 112 cm³/mol. The normalized spacial score (nSPS) is 14.7. The van der Waals surface area contributed by atoms with Gasteiger partial charge in [-0.15, -0.1) is 11.3 Å². The summed E-state index contributed by atoms with van der Waals surface area (Å²) in [7, 11) is 0. The molecule has 1 unspecified atom stereocenters. The van der Waals surface area contributed by atoms with E-state index in [4.69, 9.17) is 5.73 Å². The van der Waals surface area contributed by atoms with Crippen LogP contribution in [0.3, 0.4) is 0 Å². The summed E-state index contributed by atoms with van der Waals surface area (Å²) in [5, 5.41) is 17.9. The van der Waals surface area contributed by atoms with Crippen LogP contribution in [0.25, 0.3) is 10.2 Å². The second-order valence-electron chi connectivity index (χ2n) is 7.57. The molecule has 0 bridgehead atoms. The van der Waals surface area contributed by atoms with Crippen LogP contribution in [-0.4, -0.2) is 31.5 Å².